The standard InChI is InChI=1S/C10H20N2O2/c1-3-12-9(13)10(8(2)11)4-6-14-7-5-10/h8H,3-7,11H2,1-2H3,(H,12,13). The molecular weight excluding hydrogens is 180 g/mol. The summed E-state index contributed by atoms with van der Waals surface area (Å²) in [6, 6.07) is -0.113. The second-order valence-electron chi connectivity index (χ2n) is 3.92. The van der Waals surface area contributed by atoms with Gasteiger partial charge in [0, 0.05) is 25.8 Å². The smallest absolute Gasteiger partial charge is 0.227 e. The van der Waals surface area contributed by atoms with E-state index in [9.17, 15) is 4.79 Å². The van der Waals surface area contributed by atoms with Crippen LogP contribution < -0.4 is 11.1 Å². The Bertz CT molecular complexity index is 198. The van der Waals surface area contributed by atoms with Crippen molar-refractivity contribution in [1.29, 1.82) is 0 Å². The van der Waals surface area contributed by atoms with Crippen LogP contribution in [0.15, 0.2) is 0 Å². The average Bonchev–Trinajstić information content (AvgIpc) is 2.19. The number of carbonyl (C=O) groups excluding carboxylic acids is 1. The van der Waals surface area contributed by atoms with Crippen molar-refractivity contribution in [3.05, 3.63) is 0 Å². The molecule has 1 atom stereocenters. The van der Waals surface area contributed by atoms with Crippen LogP contribution >= 0.6 is 0 Å². The van der Waals surface area contributed by atoms with Crippen LogP contribution in [0.5, 0.6) is 0 Å². The van der Waals surface area contributed by atoms with Gasteiger partial charge in [0.25, 0.3) is 0 Å². The van der Waals surface area contributed by atoms with Gasteiger partial charge in [0.05, 0.1) is 5.41 Å². The Morgan fingerprint density at radius 1 is 1.57 bits per heavy atom. The maximum Gasteiger partial charge on any atom is 0.227 e. The third-order valence-corrected chi connectivity index (χ3v) is 3.05. The zero-order valence-electron chi connectivity index (χ0n) is 9.01. The summed E-state index contributed by atoms with van der Waals surface area (Å²) in [5.41, 5.74) is 5.51. The first-order chi connectivity index (χ1) is 6.63. The maximum absolute atomic E-state index is 11.9. The van der Waals surface area contributed by atoms with E-state index in [4.69, 9.17) is 10.5 Å². The summed E-state index contributed by atoms with van der Waals surface area (Å²) in [4.78, 5) is 11.9. The zero-order valence-corrected chi connectivity index (χ0v) is 9.01. The quantitative estimate of drug-likeness (QED) is 0.687. The van der Waals surface area contributed by atoms with Crippen LogP contribution in [0.4, 0.5) is 0 Å². The van der Waals surface area contributed by atoms with Gasteiger partial charge in [-0.15, -0.1) is 0 Å². The minimum Gasteiger partial charge on any atom is -0.381 e. The molecule has 1 heterocycles. The fourth-order valence-electron chi connectivity index (χ4n) is 1.96. The number of rotatable bonds is 3. The molecule has 1 aliphatic rings. The van der Waals surface area contributed by atoms with E-state index in [1.165, 1.54) is 0 Å². The maximum atomic E-state index is 11.9. The number of amides is 1. The summed E-state index contributed by atoms with van der Waals surface area (Å²) in [5, 5.41) is 2.86. The first-order valence-corrected chi connectivity index (χ1v) is 5.25. The molecule has 0 aliphatic carbocycles. The number of hydrogen-bond donors (Lipinski definition) is 2. The summed E-state index contributed by atoms with van der Waals surface area (Å²) in [6.07, 6.45) is 1.47. The molecule has 3 N–H and O–H groups in total. The van der Waals surface area contributed by atoms with Crippen LogP contribution in [0.3, 0.4) is 0 Å². The van der Waals surface area contributed by atoms with Gasteiger partial charge in [-0.1, -0.05) is 0 Å². The number of hydrogen-bond acceptors (Lipinski definition) is 3. The minimum atomic E-state index is -0.408. The van der Waals surface area contributed by atoms with Crippen molar-refractivity contribution in [1.82, 2.24) is 5.32 Å². The summed E-state index contributed by atoms with van der Waals surface area (Å²) >= 11 is 0. The molecule has 14 heavy (non-hydrogen) atoms. The molecule has 0 saturated carbocycles. The molecule has 0 spiro atoms. The number of nitrogens with two attached hydrogens (primary N) is 1. The molecule has 1 unspecified atom stereocenters. The van der Waals surface area contributed by atoms with Crippen molar-refractivity contribution in [3.63, 3.8) is 0 Å². The van der Waals surface area contributed by atoms with Crippen LogP contribution in [0, 0.1) is 5.41 Å². The zero-order chi connectivity index (χ0) is 10.6. The molecular formula is C10H20N2O2. The van der Waals surface area contributed by atoms with Gasteiger partial charge in [-0.2, -0.15) is 0 Å². The largest absolute Gasteiger partial charge is 0.381 e. The number of carbonyl (C=O) groups is 1. The Labute approximate surface area is 85.2 Å². The Hall–Kier alpha value is -0.610. The first kappa shape index (κ1) is 11.5. The van der Waals surface area contributed by atoms with Gasteiger partial charge >= 0.3 is 0 Å². The molecule has 4 nitrogen and oxygen atoms in total. The minimum absolute atomic E-state index is 0.0818. The lowest BCUT2D eigenvalue weighted by Crippen LogP contribution is -2.53. The average molecular weight is 200 g/mol. The van der Waals surface area contributed by atoms with E-state index in [0.717, 1.165) is 12.8 Å². The summed E-state index contributed by atoms with van der Waals surface area (Å²) in [5.74, 6) is 0.0818. The Balaban J connectivity index is 2.74. The molecule has 0 aromatic rings. The first-order valence-electron chi connectivity index (χ1n) is 5.25. The van der Waals surface area contributed by atoms with Crippen molar-refractivity contribution in [2.75, 3.05) is 19.8 Å². The third kappa shape index (κ3) is 2.07. The van der Waals surface area contributed by atoms with Gasteiger partial charge < -0.3 is 15.8 Å². The summed E-state index contributed by atoms with van der Waals surface area (Å²) in [6.45, 7) is 5.76. The fraction of sp³-hybridized carbons (Fsp3) is 0.900. The predicted molar refractivity (Wildman–Crippen MR) is 54.8 cm³/mol. The molecule has 0 bridgehead atoms. The van der Waals surface area contributed by atoms with Crippen LogP contribution in [0.1, 0.15) is 26.7 Å². The van der Waals surface area contributed by atoms with E-state index in [1.807, 2.05) is 13.8 Å². The van der Waals surface area contributed by atoms with Crippen molar-refractivity contribution in [3.8, 4) is 0 Å². The SMILES string of the molecule is CCNC(=O)C1(C(C)N)CCOCC1. The highest BCUT2D eigenvalue weighted by Crippen LogP contribution is 2.33. The summed E-state index contributed by atoms with van der Waals surface area (Å²) in [7, 11) is 0. The van der Waals surface area contributed by atoms with Crippen molar-refractivity contribution < 1.29 is 9.53 Å². The van der Waals surface area contributed by atoms with Gasteiger partial charge in [-0.3, -0.25) is 4.79 Å². The summed E-state index contributed by atoms with van der Waals surface area (Å²) < 4.78 is 5.27. The molecule has 0 radical (unpaired) electrons. The Morgan fingerprint density at radius 2 is 2.14 bits per heavy atom. The highest BCUT2D eigenvalue weighted by atomic mass is 16.5. The highest BCUT2D eigenvalue weighted by molar-refractivity contribution is 5.83. The van der Waals surface area contributed by atoms with Crippen LogP contribution in [0.2, 0.25) is 0 Å². The second kappa shape index (κ2) is 4.75. The van der Waals surface area contributed by atoms with Crippen LogP contribution in [-0.4, -0.2) is 31.7 Å². The lowest BCUT2D eigenvalue weighted by Gasteiger charge is -2.38. The Kier molecular flexibility index (Phi) is 3.89. The van der Waals surface area contributed by atoms with E-state index in [-0.39, 0.29) is 11.9 Å². The normalized spacial score (nSPS) is 22.8. The van der Waals surface area contributed by atoms with E-state index in [0.29, 0.717) is 19.8 Å². The molecule has 82 valence electrons. The predicted octanol–water partition coefficient (Wildman–Crippen LogP) is 0.267. The molecule has 0 aromatic heterocycles. The van der Waals surface area contributed by atoms with Crippen LogP contribution in [-0.2, 0) is 9.53 Å². The van der Waals surface area contributed by atoms with E-state index >= 15 is 0 Å². The van der Waals surface area contributed by atoms with Gasteiger partial charge in [0.15, 0.2) is 0 Å². The van der Waals surface area contributed by atoms with Crippen molar-refractivity contribution in [2.45, 2.75) is 32.7 Å². The van der Waals surface area contributed by atoms with Crippen molar-refractivity contribution >= 4 is 5.91 Å². The molecule has 4 heteroatoms. The number of nitrogens with one attached hydrogen (secondary N) is 1. The van der Waals surface area contributed by atoms with Crippen LogP contribution in [0.25, 0.3) is 0 Å². The monoisotopic (exact) mass is 200 g/mol. The topological polar surface area (TPSA) is 64.4 Å². The van der Waals surface area contributed by atoms with Gasteiger partial charge in [-0.25, -0.2) is 0 Å². The van der Waals surface area contributed by atoms with Gasteiger partial charge in [0.1, 0.15) is 0 Å². The lowest BCUT2D eigenvalue weighted by atomic mass is 9.74. The molecule has 0 aromatic carbocycles. The van der Waals surface area contributed by atoms with Gasteiger partial charge in [0.2, 0.25) is 5.91 Å². The molecule has 1 amide bonds. The molecule has 1 rings (SSSR count). The molecule has 1 aliphatic heterocycles. The fourth-order valence-corrected chi connectivity index (χ4v) is 1.96. The van der Waals surface area contributed by atoms with E-state index in [1.54, 1.807) is 0 Å². The van der Waals surface area contributed by atoms with E-state index in [2.05, 4.69) is 5.32 Å². The molecule has 1 saturated heterocycles. The van der Waals surface area contributed by atoms with Gasteiger partial charge in [-0.05, 0) is 26.7 Å². The molecule has 1 fully saturated rings. The highest BCUT2D eigenvalue weighted by Gasteiger charge is 2.42. The number of ether oxygens (including phenoxy) is 1. The van der Waals surface area contributed by atoms with Crippen molar-refractivity contribution in [2.24, 2.45) is 11.1 Å². The van der Waals surface area contributed by atoms with E-state index < -0.39 is 5.41 Å². The third-order valence-electron chi connectivity index (χ3n) is 3.05. The second-order valence-corrected chi connectivity index (χ2v) is 3.92. The Morgan fingerprint density at radius 3 is 2.57 bits per heavy atom. The lowest BCUT2D eigenvalue weighted by molar-refractivity contribution is -0.138.